The van der Waals surface area contributed by atoms with Gasteiger partial charge in [-0.1, -0.05) is 24.6 Å². The van der Waals surface area contributed by atoms with Crippen molar-refractivity contribution < 1.29 is 14.3 Å². The molecule has 5 nitrogen and oxygen atoms in total. The first-order chi connectivity index (χ1) is 13.5. The largest absolute Gasteiger partial charge is 0.508 e. The third kappa shape index (κ3) is 3.50. The number of rotatable bonds is 4. The van der Waals surface area contributed by atoms with E-state index in [1.807, 2.05) is 30.3 Å². The molecule has 0 unspecified atom stereocenters. The van der Waals surface area contributed by atoms with Crippen LogP contribution in [0.4, 0.5) is 5.69 Å². The summed E-state index contributed by atoms with van der Waals surface area (Å²) in [4.78, 5) is 15.4. The van der Waals surface area contributed by atoms with E-state index < -0.39 is 0 Å². The van der Waals surface area contributed by atoms with Crippen LogP contribution in [0, 0.1) is 6.92 Å². The number of amides is 1. The number of hydrogen-bond acceptors (Lipinski definition) is 4. The van der Waals surface area contributed by atoms with Gasteiger partial charge in [-0.05, 0) is 57.5 Å². The number of anilines is 1. The van der Waals surface area contributed by atoms with Crippen LogP contribution in [0.1, 0.15) is 47.9 Å². The monoisotopic (exact) mass is 378 g/mol. The van der Waals surface area contributed by atoms with E-state index in [1.165, 1.54) is 6.42 Å². The highest BCUT2D eigenvalue weighted by molar-refractivity contribution is 6.14. The molecular weight excluding hydrogens is 352 g/mol. The highest BCUT2D eigenvalue weighted by Crippen LogP contribution is 2.36. The summed E-state index contributed by atoms with van der Waals surface area (Å²) in [6.07, 6.45) is 3.55. The Morgan fingerprint density at radius 2 is 2.00 bits per heavy atom. The third-order valence-corrected chi connectivity index (χ3v) is 5.68. The van der Waals surface area contributed by atoms with Crippen molar-refractivity contribution in [3.8, 4) is 5.75 Å². The molecule has 3 aromatic rings. The van der Waals surface area contributed by atoms with Crippen LogP contribution in [0.15, 0.2) is 46.9 Å². The molecule has 0 saturated carbocycles. The lowest BCUT2D eigenvalue weighted by Gasteiger charge is -2.33. The van der Waals surface area contributed by atoms with Crippen LogP contribution in [0.3, 0.4) is 0 Å². The fourth-order valence-corrected chi connectivity index (χ4v) is 4.11. The van der Waals surface area contributed by atoms with Gasteiger partial charge in [-0.25, -0.2) is 0 Å². The number of aryl methyl sites for hydroxylation is 1. The number of phenolic OH excluding ortho intramolecular Hbond substituents is 1. The fourth-order valence-electron chi connectivity index (χ4n) is 4.11. The minimum atomic E-state index is -0.221. The Labute approximate surface area is 165 Å². The minimum Gasteiger partial charge on any atom is -0.508 e. The predicted molar refractivity (Wildman–Crippen MR) is 111 cm³/mol. The molecule has 4 rings (SSSR count). The van der Waals surface area contributed by atoms with Gasteiger partial charge in [0.15, 0.2) is 0 Å². The minimum absolute atomic E-state index is 0.208. The van der Waals surface area contributed by atoms with Crippen molar-refractivity contribution >= 4 is 22.6 Å². The first kappa shape index (κ1) is 18.6. The Morgan fingerprint density at radius 1 is 1.21 bits per heavy atom. The Bertz CT molecular complexity index is 994. The molecule has 1 amide bonds. The van der Waals surface area contributed by atoms with Gasteiger partial charge in [0.1, 0.15) is 17.1 Å². The second-order valence-corrected chi connectivity index (χ2v) is 7.61. The van der Waals surface area contributed by atoms with Crippen molar-refractivity contribution in [1.29, 1.82) is 0 Å². The highest BCUT2D eigenvalue weighted by atomic mass is 16.3. The number of phenols is 1. The molecule has 0 spiro atoms. The van der Waals surface area contributed by atoms with E-state index in [-0.39, 0.29) is 11.7 Å². The zero-order valence-electron chi connectivity index (χ0n) is 16.4. The molecule has 0 radical (unpaired) electrons. The molecule has 0 bridgehead atoms. The van der Waals surface area contributed by atoms with Gasteiger partial charge in [0.2, 0.25) is 0 Å². The average molecular weight is 378 g/mol. The van der Waals surface area contributed by atoms with Crippen molar-refractivity contribution in [3.05, 3.63) is 59.4 Å². The summed E-state index contributed by atoms with van der Waals surface area (Å²) in [5.41, 5.74) is 2.62. The van der Waals surface area contributed by atoms with E-state index in [1.54, 1.807) is 19.1 Å². The lowest BCUT2D eigenvalue weighted by atomic mass is 9.99. The standard InChI is InChI=1S/C23H26N2O3/c1-15-8-6-7-13-25(15)14-18-19(26)11-12-20-22(18)21(16(2)28-20)23(27)24-17-9-4-3-5-10-17/h3-5,9-12,15,26H,6-8,13-14H2,1-2H3,(H,24,27)/t15-/m1/s1. The van der Waals surface area contributed by atoms with E-state index in [0.717, 1.165) is 30.6 Å². The topological polar surface area (TPSA) is 65.7 Å². The Balaban J connectivity index is 1.75. The molecule has 1 aliphatic rings. The SMILES string of the molecule is Cc1oc2ccc(O)c(CN3CCCC[C@H]3C)c2c1C(=O)Nc1ccccc1. The maximum atomic E-state index is 13.1. The van der Waals surface area contributed by atoms with E-state index in [0.29, 0.717) is 34.9 Å². The number of furan rings is 1. The second-order valence-electron chi connectivity index (χ2n) is 7.61. The number of fused-ring (bicyclic) bond motifs is 1. The van der Waals surface area contributed by atoms with E-state index in [4.69, 9.17) is 4.42 Å². The van der Waals surface area contributed by atoms with E-state index in [9.17, 15) is 9.90 Å². The van der Waals surface area contributed by atoms with Crippen LogP contribution in [0.25, 0.3) is 11.0 Å². The Morgan fingerprint density at radius 3 is 2.75 bits per heavy atom. The number of likely N-dealkylation sites (tertiary alicyclic amines) is 1. The molecule has 146 valence electrons. The van der Waals surface area contributed by atoms with Crippen molar-refractivity contribution in [1.82, 2.24) is 4.90 Å². The van der Waals surface area contributed by atoms with Gasteiger partial charge in [-0.3, -0.25) is 9.69 Å². The van der Waals surface area contributed by atoms with Gasteiger partial charge < -0.3 is 14.8 Å². The molecule has 1 atom stereocenters. The van der Waals surface area contributed by atoms with Gasteiger partial charge in [0, 0.05) is 29.2 Å². The smallest absolute Gasteiger partial charge is 0.259 e. The van der Waals surface area contributed by atoms with Gasteiger partial charge in [-0.2, -0.15) is 0 Å². The van der Waals surface area contributed by atoms with Crippen LogP contribution in [-0.4, -0.2) is 28.5 Å². The van der Waals surface area contributed by atoms with Crippen LogP contribution < -0.4 is 5.32 Å². The third-order valence-electron chi connectivity index (χ3n) is 5.68. The van der Waals surface area contributed by atoms with Gasteiger partial charge >= 0.3 is 0 Å². The number of aromatic hydroxyl groups is 1. The quantitative estimate of drug-likeness (QED) is 0.665. The molecule has 1 aliphatic heterocycles. The molecule has 2 aromatic carbocycles. The molecule has 1 saturated heterocycles. The van der Waals surface area contributed by atoms with Gasteiger partial charge in [-0.15, -0.1) is 0 Å². The summed E-state index contributed by atoms with van der Waals surface area (Å²) in [6.45, 7) is 5.62. The molecular formula is C23H26N2O3. The first-order valence-electron chi connectivity index (χ1n) is 9.89. The molecule has 0 aliphatic carbocycles. The van der Waals surface area contributed by atoms with Gasteiger partial charge in [0.25, 0.3) is 5.91 Å². The van der Waals surface area contributed by atoms with Crippen LogP contribution >= 0.6 is 0 Å². The zero-order chi connectivity index (χ0) is 19.7. The van der Waals surface area contributed by atoms with Crippen molar-refractivity contribution in [3.63, 3.8) is 0 Å². The number of hydrogen-bond donors (Lipinski definition) is 2. The number of benzene rings is 2. The Hall–Kier alpha value is -2.79. The van der Waals surface area contributed by atoms with Crippen LogP contribution in [-0.2, 0) is 6.54 Å². The summed E-state index contributed by atoms with van der Waals surface area (Å²) in [6, 6.07) is 13.2. The summed E-state index contributed by atoms with van der Waals surface area (Å²) < 4.78 is 5.88. The number of nitrogens with one attached hydrogen (secondary N) is 1. The second kappa shape index (κ2) is 7.68. The van der Waals surface area contributed by atoms with Crippen molar-refractivity contribution in [2.45, 2.75) is 45.7 Å². The number of para-hydroxylation sites is 1. The summed E-state index contributed by atoms with van der Waals surface area (Å²) in [5.74, 6) is 0.544. The summed E-state index contributed by atoms with van der Waals surface area (Å²) in [5, 5.41) is 14.3. The van der Waals surface area contributed by atoms with Crippen molar-refractivity contribution in [2.75, 3.05) is 11.9 Å². The summed E-state index contributed by atoms with van der Waals surface area (Å²) >= 11 is 0. The predicted octanol–water partition coefficient (Wildman–Crippen LogP) is 5.07. The molecule has 28 heavy (non-hydrogen) atoms. The number of carbonyl (C=O) groups is 1. The normalized spacial score (nSPS) is 17.7. The maximum absolute atomic E-state index is 13.1. The molecule has 5 heteroatoms. The van der Waals surface area contributed by atoms with E-state index in [2.05, 4.69) is 17.1 Å². The number of piperidine rings is 1. The number of nitrogens with zero attached hydrogens (tertiary/aromatic N) is 1. The lowest BCUT2D eigenvalue weighted by molar-refractivity contribution is 0.102. The van der Waals surface area contributed by atoms with Crippen LogP contribution in [0.2, 0.25) is 0 Å². The highest BCUT2D eigenvalue weighted by Gasteiger charge is 2.26. The van der Waals surface area contributed by atoms with E-state index >= 15 is 0 Å². The Kier molecular flexibility index (Phi) is 5.09. The van der Waals surface area contributed by atoms with Crippen LogP contribution in [0.5, 0.6) is 5.75 Å². The molecule has 1 fully saturated rings. The van der Waals surface area contributed by atoms with Crippen molar-refractivity contribution in [2.24, 2.45) is 0 Å². The zero-order valence-corrected chi connectivity index (χ0v) is 16.4. The molecule has 1 aromatic heterocycles. The molecule has 2 heterocycles. The lowest BCUT2D eigenvalue weighted by Crippen LogP contribution is -2.36. The molecule has 2 N–H and O–H groups in total. The maximum Gasteiger partial charge on any atom is 0.259 e. The number of carbonyl (C=O) groups excluding carboxylic acids is 1. The first-order valence-corrected chi connectivity index (χ1v) is 9.89. The average Bonchev–Trinajstić information content (AvgIpc) is 3.03. The fraction of sp³-hybridized carbons (Fsp3) is 0.348. The summed E-state index contributed by atoms with van der Waals surface area (Å²) in [7, 11) is 0. The van der Waals surface area contributed by atoms with Gasteiger partial charge in [0.05, 0.1) is 5.56 Å².